The van der Waals surface area contributed by atoms with Gasteiger partial charge in [0.15, 0.2) is 0 Å². The Hall–Kier alpha value is -3.96. The number of carboxylic acid groups (broad SMARTS) is 1. The Morgan fingerprint density at radius 3 is 2.45 bits per heavy atom. The summed E-state index contributed by atoms with van der Waals surface area (Å²) in [5, 5.41) is 12.6. The van der Waals surface area contributed by atoms with Crippen molar-refractivity contribution in [2.24, 2.45) is 5.92 Å². The Morgan fingerprint density at radius 1 is 1.00 bits per heavy atom. The van der Waals surface area contributed by atoms with Crippen molar-refractivity contribution >= 4 is 29.6 Å². The van der Waals surface area contributed by atoms with Crippen LogP contribution in [-0.4, -0.2) is 85.5 Å². The summed E-state index contributed by atoms with van der Waals surface area (Å²) in [7, 11) is 0. The van der Waals surface area contributed by atoms with Gasteiger partial charge in [-0.05, 0) is 68.6 Å². The van der Waals surface area contributed by atoms with Gasteiger partial charge in [-0.15, -0.1) is 0 Å². The van der Waals surface area contributed by atoms with Crippen LogP contribution in [-0.2, 0) is 41.6 Å². The molecule has 0 radical (unpaired) electrons. The maximum Gasteiger partial charge on any atom is 0.410 e. The van der Waals surface area contributed by atoms with Gasteiger partial charge in [-0.25, -0.2) is 4.79 Å². The molecule has 0 bridgehead atoms. The van der Waals surface area contributed by atoms with E-state index in [4.69, 9.17) is 14.2 Å². The molecule has 1 fully saturated rings. The highest BCUT2D eigenvalue weighted by Crippen LogP contribution is 2.27. The van der Waals surface area contributed by atoms with Crippen LogP contribution in [0.4, 0.5) is 10.5 Å². The Bertz CT molecular complexity index is 1250. The third-order valence-corrected chi connectivity index (χ3v) is 8.08. The number of aliphatic carboxylic acids is 1. The summed E-state index contributed by atoms with van der Waals surface area (Å²) in [5.74, 6) is -1.56. The number of nitrogens with zero attached hydrogens (tertiary/aromatic N) is 2. The number of anilines is 1. The number of carbonyl (C=O) groups is 4. The molecule has 4 rings (SSSR count). The lowest BCUT2D eigenvalue weighted by molar-refractivity contribution is -0.148. The molecule has 44 heavy (non-hydrogen) atoms. The smallest absolute Gasteiger partial charge is 0.410 e. The third kappa shape index (κ3) is 9.52. The number of hydrogen-bond acceptors (Lipinski definition) is 8. The lowest BCUT2D eigenvalue weighted by Gasteiger charge is -2.31. The Morgan fingerprint density at radius 2 is 1.73 bits per heavy atom. The summed E-state index contributed by atoms with van der Waals surface area (Å²) in [6, 6.07) is 15.2. The topological polar surface area (TPSA) is 135 Å². The van der Waals surface area contributed by atoms with Gasteiger partial charge in [0.1, 0.15) is 19.2 Å². The van der Waals surface area contributed by atoms with Crippen molar-refractivity contribution in [3.05, 3.63) is 65.7 Å². The van der Waals surface area contributed by atoms with Crippen LogP contribution in [0.25, 0.3) is 0 Å². The van der Waals surface area contributed by atoms with Crippen molar-refractivity contribution < 1.29 is 38.5 Å². The molecule has 0 unspecified atom stereocenters. The van der Waals surface area contributed by atoms with E-state index in [2.05, 4.69) is 5.32 Å². The second-order valence-electron chi connectivity index (χ2n) is 11.2. The van der Waals surface area contributed by atoms with E-state index in [9.17, 15) is 24.3 Å². The van der Waals surface area contributed by atoms with E-state index in [1.54, 1.807) is 24.0 Å². The number of piperidine rings is 1. The average Bonchev–Trinajstić information content (AvgIpc) is 3.16. The van der Waals surface area contributed by atoms with Gasteiger partial charge in [-0.1, -0.05) is 48.5 Å². The highest BCUT2D eigenvalue weighted by atomic mass is 16.6. The number of esters is 1. The normalized spacial score (nSPS) is 17.8. The number of benzene rings is 2. The molecule has 11 heteroatoms. The second kappa shape index (κ2) is 16.8. The summed E-state index contributed by atoms with van der Waals surface area (Å²) in [6.07, 6.45) is 4.20. The molecule has 1 saturated heterocycles. The number of carboxylic acids is 1. The van der Waals surface area contributed by atoms with Crippen LogP contribution in [0.2, 0.25) is 0 Å². The summed E-state index contributed by atoms with van der Waals surface area (Å²) < 4.78 is 16.6. The molecular weight excluding hydrogens is 566 g/mol. The molecule has 11 nitrogen and oxygen atoms in total. The minimum Gasteiger partial charge on any atom is -0.480 e. The van der Waals surface area contributed by atoms with Gasteiger partial charge in [0.2, 0.25) is 5.91 Å². The summed E-state index contributed by atoms with van der Waals surface area (Å²) in [4.78, 5) is 53.3. The first-order valence-corrected chi connectivity index (χ1v) is 15.4. The molecule has 0 saturated carbocycles. The second-order valence-corrected chi connectivity index (χ2v) is 11.2. The van der Waals surface area contributed by atoms with Crippen molar-refractivity contribution in [1.82, 2.24) is 10.2 Å². The number of nitrogens with one attached hydrogen (secondary N) is 1. The highest BCUT2D eigenvalue weighted by Gasteiger charge is 2.34. The average molecular weight is 610 g/mol. The van der Waals surface area contributed by atoms with Crippen molar-refractivity contribution in [1.29, 1.82) is 0 Å². The number of fused-ring (bicyclic) bond motifs is 1. The summed E-state index contributed by atoms with van der Waals surface area (Å²) in [6.45, 7) is 3.48. The fraction of sp³-hybridized carbons (Fsp3) is 0.515. The Balaban J connectivity index is 1.21. The lowest BCUT2D eigenvalue weighted by atomic mass is 9.92. The SMILES string of the molecule is CCOC(=O)[C@H](COCCCC1CCN(C(=O)OCc2ccccc2)CC1)N[C@H]1CCc2ccccc2N(CC(=O)O)C1=O. The molecule has 0 aliphatic carbocycles. The Kier molecular flexibility index (Phi) is 12.6. The highest BCUT2D eigenvalue weighted by molar-refractivity contribution is 6.02. The first-order chi connectivity index (χ1) is 21.4. The maximum atomic E-state index is 13.5. The monoisotopic (exact) mass is 609 g/mol. The van der Waals surface area contributed by atoms with Gasteiger partial charge in [-0.3, -0.25) is 24.6 Å². The van der Waals surface area contributed by atoms with Crippen molar-refractivity contribution in [3.8, 4) is 0 Å². The molecule has 2 heterocycles. The molecule has 0 aromatic heterocycles. The van der Waals surface area contributed by atoms with Gasteiger partial charge < -0.3 is 24.2 Å². The minimum absolute atomic E-state index is 0.0280. The standard InChI is InChI=1S/C33H43N3O8/c1-2-43-32(40)28(34-27-15-14-26-12-6-7-13-29(26)36(31(27)39)21-30(37)38)23-42-20-8-11-24-16-18-35(19-17-24)33(41)44-22-25-9-4-3-5-10-25/h3-7,9-10,12-13,24,27-28,34H,2,8,11,14-23H2,1H3,(H,37,38)/t27-,28-/m0/s1. The van der Waals surface area contributed by atoms with E-state index >= 15 is 0 Å². The van der Waals surface area contributed by atoms with Crippen molar-refractivity contribution in [2.45, 2.75) is 64.1 Å². The number of amides is 2. The number of likely N-dealkylation sites (tertiary alicyclic amines) is 1. The summed E-state index contributed by atoms with van der Waals surface area (Å²) >= 11 is 0. The number of ether oxygens (including phenoxy) is 3. The third-order valence-electron chi connectivity index (χ3n) is 8.08. The van der Waals surface area contributed by atoms with Gasteiger partial charge in [0.05, 0.1) is 19.3 Å². The molecular formula is C33H43N3O8. The van der Waals surface area contributed by atoms with E-state index in [1.165, 1.54) is 4.90 Å². The van der Waals surface area contributed by atoms with Gasteiger partial charge in [0, 0.05) is 25.4 Å². The molecule has 2 amide bonds. The van der Waals surface area contributed by atoms with E-state index in [0.29, 0.717) is 44.1 Å². The zero-order valence-electron chi connectivity index (χ0n) is 25.3. The Labute approximate surface area is 258 Å². The molecule has 2 atom stereocenters. The lowest BCUT2D eigenvalue weighted by Crippen LogP contribution is -2.54. The molecule has 2 N–H and O–H groups in total. The number of rotatable bonds is 14. The largest absolute Gasteiger partial charge is 0.480 e. The predicted octanol–water partition coefficient (Wildman–Crippen LogP) is 3.79. The van der Waals surface area contributed by atoms with E-state index in [-0.39, 0.29) is 25.9 Å². The van der Waals surface area contributed by atoms with Crippen LogP contribution in [0.15, 0.2) is 54.6 Å². The van der Waals surface area contributed by atoms with Crippen molar-refractivity contribution in [2.75, 3.05) is 44.4 Å². The molecule has 0 spiro atoms. The van der Waals surface area contributed by atoms with Crippen LogP contribution < -0.4 is 10.2 Å². The van der Waals surface area contributed by atoms with Gasteiger partial charge in [-0.2, -0.15) is 0 Å². The van der Waals surface area contributed by atoms with Crippen LogP contribution in [0, 0.1) is 5.92 Å². The number of aryl methyl sites for hydroxylation is 1. The molecule has 238 valence electrons. The first kappa shape index (κ1) is 32.9. The number of carbonyl (C=O) groups excluding carboxylic acids is 3. The predicted molar refractivity (Wildman–Crippen MR) is 163 cm³/mol. The fourth-order valence-electron chi connectivity index (χ4n) is 5.73. The molecule has 2 aliphatic rings. The van der Waals surface area contributed by atoms with Crippen molar-refractivity contribution in [3.63, 3.8) is 0 Å². The van der Waals surface area contributed by atoms with Crippen LogP contribution >= 0.6 is 0 Å². The van der Waals surface area contributed by atoms with E-state index in [1.807, 2.05) is 42.5 Å². The van der Waals surface area contributed by atoms with E-state index < -0.39 is 36.5 Å². The number of hydrogen-bond donors (Lipinski definition) is 2. The maximum absolute atomic E-state index is 13.5. The van der Waals surface area contributed by atoms with Crippen LogP contribution in [0.5, 0.6) is 0 Å². The van der Waals surface area contributed by atoms with Gasteiger partial charge >= 0.3 is 18.0 Å². The zero-order chi connectivity index (χ0) is 31.3. The van der Waals surface area contributed by atoms with E-state index in [0.717, 1.165) is 36.8 Å². The van der Waals surface area contributed by atoms with Crippen LogP contribution in [0.3, 0.4) is 0 Å². The number of para-hydroxylation sites is 1. The first-order valence-electron chi connectivity index (χ1n) is 15.4. The molecule has 2 aromatic rings. The minimum atomic E-state index is -1.12. The molecule has 2 aliphatic heterocycles. The molecule has 2 aromatic carbocycles. The quantitative estimate of drug-likeness (QED) is 0.242. The summed E-state index contributed by atoms with van der Waals surface area (Å²) in [5.41, 5.74) is 2.41. The fourth-order valence-corrected chi connectivity index (χ4v) is 5.73. The zero-order valence-corrected chi connectivity index (χ0v) is 25.3. The van der Waals surface area contributed by atoms with Gasteiger partial charge in [0.25, 0.3) is 0 Å². The van der Waals surface area contributed by atoms with Crippen LogP contribution in [0.1, 0.15) is 50.2 Å².